The minimum atomic E-state index is 0.280. The van der Waals surface area contributed by atoms with Crippen LogP contribution >= 0.6 is 0 Å². The minimum Gasteiger partial charge on any atom is -0.508 e. The number of fused-ring (bicyclic) bond motifs is 1. The van der Waals surface area contributed by atoms with Gasteiger partial charge in [-0.3, -0.25) is 4.79 Å². The lowest BCUT2D eigenvalue weighted by Gasteiger charge is -1.90. The monoisotopic (exact) mass is 222 g/mol. The Hall–Kier alpha value is -1.97. The number of hydrogen-bond acceptors (Lipinski definition) is 4. The second-order valence-electron chi connectivity index (χ2n) is 3.15. The Balaban J connectivity index is 0.000000221. The second kappa shape index (κ2) is 5.80. The number of ether oxygens (including phenoxy) is 1. The van der Waals surface area contributed by atoms with Crippen molar-refractivity contribution in [2.45, 2.75) is 13.8 Å². The summed E-state index contributed by atoms with van der Waals surface area (Å²) in [6.07, 6.45) is 1.68. The summed E-state index contributed by atoms with van der Waals surface area (Å²) in [4.78, 5) is 9.18. The van der Waals surface area contributed by atoms with Gasteiger partial charge in [-0.2, -0.15) is 0 Å². The van der Waals surface area contributed by atoms with Crippen molar-refractivity contribution < 1.29 is 19.1 Å². The first-order valence-electron chi connectivity index (χ1n) is 4.91. The smallest absolute Gasteiger partial charge is 0.293 e. The molecular formula is C12H14O4. The molecule has 4 nitrogen and oxygen atoms in total. The first-order chi connectivity index (χ1) is 7.69. The number of aromatic hydroxyl groups is 1. The molecule has 0 aliphatic heterocycles. The van der Waals surface area contributed by atoms with Crippen molar-refractivity contribution in [2.75, 3.05) is 6.61 Å². The van der Waals surface area contributed by atoms with Gasteiger partial charge in [0.15, 0.2) is 0 Å². The molecule has 4 heteroatoms. The number of phenols is 1. The van der Waals surface area contributed by atoms with Gasteiger partial charge < -0.3 is 14.3 Å². The van der Waals surface area contributed by atoms with Gasteiger partial charge >= 0.3 is 0 Å². The molecule has 0 atom stereocenters. The maximum atomic E-state index is 9.18. The number of carbonyl (C=O) groups is 1. The van der Waals surface area contributed by atoms with E-state index in [0.29, 0.717) is 13.1 Å². The molecule has 0 fully saturated rings. The minimum absolute atomic E-state index is 0.280. The molecule has 0 aliphatic rings. The fraction of sp³-hybridized carbons (Fsp3) is 0.250. The van der Waals surface area contributed by atoms with E-state index in [4.69, 9.17) is 9.52 Å². The maximum Gasteiger partial charge on any atom is 0.293 e. The average molecular weight is 222 g/mol. The van der Waals surface area contributed by atoms with Gasteiger partial charge in [0.1, 0.15) is 11.3 Å². The van der Waals surface area contributed by atoms with Crippen LogP contribution < -0.4 is 0 Å². The van der Waals surface area contributed by atoms with Gasteiger partial charge in [-0.25, -0.2) is 0 Å². The standard InChI is InChI=1S/C9H8O2.C3H6O2/c1-6-5-11-9-3-2-7(10)4-8(6)9;1-2-5-3-4/h2-5,10H,1H3;3H,2H2,1H3. The lowest BCUT2D eigenvalue weighted by molar-refractivity contribution is -0.128. The van der Waals surface area contributed by atoms with E-state index in [2.05, 4.69) is 4.74 Å². The van der Waals surface area contributed by atoms with E-state index in [-0.39, 0.29) is 5.75 Å². The number of rotatable bonds is 2. The van der Waals surface area contributed by atoms with Crippen molar-refractivity contribution in [1.29, 1.82) is 0 Å². The van der Waals surface area contributed by atoms with Crippen LogP contribution in [0.2, 0.25) is 0 Å². The molecule has 86 valence electrons. The van der Waals surface area contributed by atoms with Crippen LogP contribution in [-0.2, 0) is 9.53 Å². The molecule has 1 heterocycles. The highest BCUT2D eigenvalue weighted by atomic mass is 16.5. The van der Waals surface area contributed by atoms with Crippen molar-refractivity contribution in [1.82, 2.24) is 0 Å². The molecule has 0 aliphatic carbocycles. The van der Waals surface area contributed by atoms with Crippen LogP contribution in [0.25, 0.3) is 11.0 Å². The molecule has 16 heavy (non-hydrogen) atoms. The number of carbonyl (C=O) groups excluding carboxylic acids is 1. The third-order valence-electron chi connectivity index (χ3n) is 1.99. The zero-order valence-electron chi connectivity index (χ0n) is 9.27. The van der Waals surface area contributed by atoms with Crippen LogP contribution in [0.1, 0.15) is 12.5 Å². The van der Waals surface area contributed by atoms with Crippen molar-refractivity contribution in [3.05, 3.63) is 30.0 Å². The van der Waals surface area contributed by atoms with Crippen molar-refractivity contribution in [3.63, 3.8) is 0 Å². The molecule has 0 spiro atoms. The maximum absolute atomic E-state index is 9.18. The highest BCUT2D eigenvalue weighted by Gasteiger charge is 2.00. The summed E-state index contributed by atoms with van der Waals surface area (Å²) in [6.45, 7) is 4.61. The lowest BCUT2D eigenvalue weighted by Crippen LogP contribution is -1.80. The molecule has 0 radical (unpaired) electrons. The quantitative estimate of drug-likeness (QED) is 0.793. The number of hydrogen-bond donors (Lipinski definition) is 1. The summed E-state index contributed by atoms with van der Waals surface area (Å²) in [5, 5.41) is 10.1. The van der Waals surface area contributed by atoms with E-state index in [1.807, 2.05) is 6.92 Å². The van der Waals surface area contributed by atoms with E-state index in [1.165, 1.54) is 0 Å². The highest BCUT2D eigenvalue weighted by molar-refractivity contribution is 5.82. The van der Waals surface area contributed by atoms with Crippen molar-refractivity contribution >= 4 is 17.4 Å². The summed E-state index contributed by atoms with van der Waals surface area (Å²) in [6, 6.07) is 5.08. The Kier molecular flexibility index (Phi) is 4.39. The zero-order chi connectivity index (χ0) is 12.0. The van der Waals surface area contributed by atoms with Gasteiger partial charge in [-0.15, -0.1) is 0 Å². The van der Waals surface area contributed by atoms with Crippen LogP contribution in [-0.4, -0.2) is 18.2 Å². The molecule has 1 aromatic heterocycles. The summed E-state index contributed by atoms with van der Waals surface area (Å²) in [5.74, 6) is 0.280. The van der Waals surface area contributed by atoms with E-state index in [0.717, 1.165) is 16.5 Å². The van der Waals surface area contributed by atoms with Crippen LogP contribution in [0.4, 0.5) is 0 Å². The number of benzene rings is 1. The first kappa shape index (κ1) is 12.1. The Labute approximate surface area is 93.4 Å². The predicted octanol–water partition coefficient (Wildman–Crippen LogP) is 2.63. The molecule has 0 unspecified atom stereocenters. The van der Waals surface area contributed by atoms with E-state index in [9.17, 15) is 4.79 Å². The van der Waals surface area contributed by atoms with Crippen molar-refractivity contribution in [2.24, 2.45) is 0 Å². The molecule has 0 bridgehead atoms. The molecule has 1 aromatic carbocycles. The van der Waals surface area contributed by atoms with Gasteiger partial charge in [0, 0.05) is 5.39 Å². The first-order valence-corrected chi connectivity index (χ1v) is 4.91. The molecule has 0 amide bonds. The summed E-state index contributed by atoms with van der Waals surface area (Å²) in [7, 11) is 0. The summed E-state index contributed by atoms with van der Waals surface area (Å²) >= 11 is 0. The van der Waals surface area contributed by atoms with Crippen molar-refractivity contribution in [3.8, 4) is 5.75 Å². The van der Waals surface area contributed by atoms with Gasteiger partial charge in [0.2, 0.25) is 0 Å². The Morgan fingerprint density at radius 3 is 2.81 bits per heavy atom. The molecular weight excluding hydrogens is 208 g/mol. The van der Waals surface area contributed by atoms with E-state index < -0.39 is 0 Å². The molecule has 0 saturated heterocycles. The number of phenolic OH excluding ortho intramolecular Hbond substituents is 1. The van der Waals surface area contributed by atoms with Crippen LogP contribution in [0.15, 0.2) is 28.9 Å². The summed E-state index contributed by atoms with van der Waals surface area (Å²) in [5.41, 5.74) is 1.87. The predicted molar refractivity (Wildman–Crippen MR) is 60.3 cm³/mol. The zero-order valence-corrected chi connectivity index (χ0v) is 9.27. The van der Waals surface area contributed by atoms with Gasteiger partial charge in [0.05, 0.1) is 12.9 Å². The fourth-order valence-electron chi connectivity index (χ4n) is 1.21. The normalized spacial score (nSPS) is 9.38. The largest absolute Gasteiger partial charge is 0.508 e. The fourth-order valence-corrected chi connectivity index (χ4v) is 1.21. The Morgan fingerprint density at radius 1 is 1.50 bits per heavy atom. The summed E-state index contributed by atoms with van der Waals surface area (Å²) < 4.78 is 9.35. The number of furan rings is 1. The number of aryl methyl sites for hydroxylation is 1. The van der Waals surface area contributed by atoms with E-state index >= 15 is 0 Å². The highest BCUT2D eigenvalue weighted by Crippen LogP contribution is 2.23. The Morgan fingerprint density at radius 2 is 2.25 bits per heavy atom. The SMILES string of the molecule is CCOC=O.Cc1coc2ccc(O)cc12. The third kappa shape index (κ3) is 3.02. The van der Waals surface area contributed by atoms with Crippen LogP contribution in [0.3, 0.4) is 0 Å². The van der Waals surface area contributed by atoms with Gasteiger partial charge in [0.25, 0.3) is 6.47 Å². The topological polar surface area (TPSA) is 59.7 Å². The molecule has 2 aromatic rings. The molecule has 0 saturated carbocycles. The molecule has 2 rings (SSSR count). The lowest BCUT2D eigenvalue weighted by atomic mass is 10.2. The Bertz CT molecular complexity index is 459. The van der Waals surface area contributed by atoms with Gasteiger partial charge in [-0.05, 0) is 37.6 Å². The second-order valence-corrected chi connectivity index (χ2v) is 3.15. The third-order valence-corrected chi connectivity index (χ3v) is 1.99. The van der Waals surface area contributed by atoms with Gasteiger partial charge in [-0.1, -0.05) is 0 Å². The van der Waals surface area contributed by atoms with Crippen LogP contribution in [0, 0.1) is 6.92 Å². The average Bonchev–Trinajstić information content (AvgIpc) is 2.63. The molecule has 1 N–H and O–H groups in total. The van der Waals surface area contributed by atoms with Crippen LogP contribution in [0.5, 0.6) is 5.75 Å². The van der Waals surface area contributed by atoms with E-state index in [1.54, 1.807) is 31.4 Å².